The number of urea groups is 1. The number of aromatic nitrogens is 2. The fraction of sp³-hybridized carbons (Fsp3) is 0.105. The molecule has 7 heteroatoms. The average Bonchev–Trinajstić information content (AvgIpc) is 3.01. The number of aryl methyl sites for hydroxylation is 1. The van der Waals surface area contributed by atoms with Crippen LogP contribution < -0.4 is 10.6 Å². The van der Waals surface area contributed by atoms with Crippen molar-refractivity contribution in [3.63, 3.8) is 0 Å². The summed E-state index contributed by atoms with van der Waals surface area (Å²) < 4.78 is 6.37. The normalized spacial score (nSPS) is 10.2. The van der Waals surface area contributed by atoms with Gasteiger partial charge >= 0.3 is 12.0 Å². The van der Waals surface area contributed by atoms with E-state index in [1.807, 2.05) is 37.4 Å². The van der Waals surface area contributed by atoms with Gasteiger partial charge < -0.3 is 10.1 Å². The lowest BCUT2D eigenvalue weighted by Gasteiger charge is -2.07. The van der Waals surface area contributed by atoms with Crippen molar-refractivity contribution in [1.29, 1.82) is 0 Å². The second kappa shape index (κ2) is 7.52. The third-order valence-electron chi connectivity index (χ3n) is 3.73. The van der Waals surface area contributed by atoms with Crippen LogP contribution in [0.5, 0.6) is 0 Å². The smallest absolute Gasteiger partial charge is 0.337 e. The molecule has 3 aromatic rings. The SMILES string of the molecule is COC(=O)c1cccc(NC(=O)Nc2cc(-c3ccccc3)n(C)n2)c1. The minimum atomic E-state index is -0.466. The number of hydrogen-bond donors (Lipinski definition) is 2. The fourth-order valence-corrected chi connectivity index (χ4v) is 2.53. The number of methoxy groups -OCH3 is 1. The third kappa shape index (κ3) is 3.89. The molecule has 0 aliphatic carbocycles. The summed E-state index contributed by atoms with van der Waals surface area (Å²) in [6.45, 7) is 0. The topological polar surface area (TPSA) is 85.2 Å². The molecule has 0 atom stereocenters. The molecule has 0 unspecified atom stereocenters. The highest BCUT2D eigenvalue weighted by atomic mass is 16.5. The lowest BCUT2D eigenvalue weighted by molar-refractivity contribution is 0.0600. The summed E-state index contributed by atoms with van der Waals surface area (Å²) in [6.07, 6.45) is 0. The summed E-state index contributed by atoms with van der Waals surface area (Å²) in [6, 6.07) is 17.6. The zero-order chi connectivity index (χ0) is 18.5. The number of nitrogens with one attached hydrogen (secondary N) is 2. The maximum Gasteiger partial charge on any atom is 0.337 e. The van der Waals surface area contributed by atoms with Gasteiger partial charge in [-0.05, 0) is 23.8 Å². The van der Waals surface area contributed by atoms with E-state index >= 15 is 0 Å². The molecule has 0 aliphatic heterocycles. The number of carbonyl (C=O) groups is 2. The van der Waals surface area contributed by atoms with E-state index in [-0.39, 0.29) is 0 Å². The van der Waals surface area contributed by atoms with Gasteiger partial charge in [-0.1, -0.05) is 36.4 Å². The molecule has 2 aromatic carbocycles. The van der Waals surface area contributed by atoms with Crippen molar-refractivity contribution in [3.8, 4) is 11.3 Å². The van der Waals surface area contributed by atoms with Gasteiger partial charge in [0, 0.05) is 18.8 Å². The van der Waals surface area contributed by atoms with Gasteiger partial charge in [-0.2, -0.15) is 5.10 Å². The summed E-state index contributed by atoms with van der Waals surface area (Å²) in [4.78, 5) is 23.8. The van der Waals surface area contributed by atoms with Crippen LogP contribution in [0.1, 0.15) is 10.4 Å². The van der Waals surface area contributed by atoms with Crippen molar-refractivity contribution >= 4 is 23.5 Å². The largest absolute Gasteiger partial charge is 0.465 e. The van der Waals surface area contributed by atoms with Gasteiger partial charge in [-0.15, -0.1) is 0 Å². The van der Waals surface area contributed by atoms with E-state index in [4.69, 9.17) is 0 Å². The van der Waals surface area contributed by atoms with Crippen LogP contribution in [0.3, 0.4) is 0 Å². The zero-order valence-electron chi connectivity index (χ0n) is 14.4. The van der Waals surface area contributed by atoms with E-state index in [0.29, 0.717) is 17.1 Å². The van der Waals surface area contributed by atoms with Crippen molar-refractivity contribution in [2.45, 2.75) is 0 Å². The number of nitrogens with zero attached hydrogens (tertiary/aromatic N) is 2. The van der Waals surface area contributed by atoms with E-state index in [1.54, 1.807) is 35.0 Å². The molecule has 0 radical (unpaired) electrons. The summed E-state index contributed by atoms with van der Waals surface area (Å²) in [5.41, 5.74) is 2.72. The maximum atomic E-state index is 12.2. The van der Waals surface area contributed by atoms with Gasteiger partial charge in [-0.25, -0.2) is 9.59 Å². The molecule has 2 N–H and O–H groups in total. The molecule has 0 aliphatic rings. The van der Waals surface area contributed by atoms with Gasteiger partial charge in [0.1, 0.15) is 0 Å². The summed E-state index contributed by atoms with van der Waals surface area (Å²) >= 11 is 0. The van der Waals surface area contributed by atoms with Crippen molar-refractivity contribution in [3.05, 3.63) is 66.2 Å². The Hall–Kier alpha value is -3.61. The fourth-order valence-electron chi connectivity index (χ4n) is 2.53. The van der Waals surface area contributed by atoms with Gasteiger partial charge in [0.25, 0.3) is 0 Å². The summed E-state index contributed by atoms with van der Waals surface area (Å²) in [5, 5.41) is 9.66. The van der Waals surface area contributed by atoms with Crippen LogP contribution in [0.15, 0.2) is 60.7 Å². The molecule has 1 heterocycles. The number of rotatable bonds is 4. The first-order valence-electron chi connectivity index (χ1n) is 7.92. The molecule has 3 rings (SSSR count). The first-order valence-corrected chi connectivity index (χ1v) is 7.92. The Morgan fingerprint density at radius 1 is 1.00 bits per heavy atom. The second-order valence-corrected chi connectivity index (χ2v) is 5.56. The van der Waals surface area contributed by atoms with E-state index in [9.17, 15) is 9.59 Å². The zero-order valence-corrected chi connectivity index (χ0v) is 14.4. The first-order chi connectivity index (χ1) is 12.6. The van der Waals surface area contributed by atoms with Crippen LogP contribution in [-0.4, -0.2) is 28.9 Å². The van der Waals surface area contributed by atoms with E-state index < -0.39 is 12.0 Å². The number of hydrogen-bond acceptors (Lipinski definition) is 4. The molecule has 0 bridgehead atoms. The van der Waals surface area contributed by atoms with Crippen molar-refractivity contribution in [2.75, 3.05) is 17.7 Å². The molecule has 0 fully saturated rings. The Kier molecular flexibility index (Phi) is 4.98. The molecule has 2 amide bonds. The lowest BCUT2D eigenvalue weighted by atomic mass is 10.1. The molecule has 0 saturated carbocycles. The van der Waals surface area contributed by atoms with Crippen LogP contribution in [-0.2, 0) is 11.8 Å². The van der Waals surface area contributed by atoms with Crippen LogP contribution in [0.25, 0.3) is 11.3 Å². The standard InChI is InChI=1S/C19H18N4O3/c1-23-16(13-7-4-3-5-8-13)12-17(22-23)21-19(25)20-15-10-6-9-14(11-15)18(24)26-2/h3-12H,1-2H3,(H2,20,21,22,25). The predicted octanol–water partition coefficient (Wildman–Crippen LogP) is 3.52. The minimum Gasteiger partial charge on any atom is -0.465 e. The van der Waals surface area contributed by atoms with E-state index in [0.717, 1.165) is 11.3 Å². The highest BCUT2D eigenvalue weighted by Gasteiger charge is 2.11. The minimum absolute atomic E-state index is 0.356. The van der Waals surface area contributed by atoms with Gasteiger partial charge in [0.15, 0.2) is 5.82 Å². The average molecular weight is 350 g/mol. The summed E-state index contributed by atoms with van der Waals surface area (Å²) in [5.74, 6) is -0.0423. The Balaban J connectivity index is 1.70. The van der Waals surface area contributed by atoms with Gasteiger partial charge in [0.2, 0.25) is 0 Å². The number of ether oxygens (including phenoxy) is 1. The Bertz CT molecular complexity index is 935. The van der Waals surface area contributed by atoms with E-state index in [2.05, 4.69) is 20.5 Å². The van der Waals surface area contributed by atoms with Gasteiger partial charge in [-0.3, -0.25) is 10.00 Å². The Morgan fingerprint density at radius 2 is 1.77 bits per heavy atom. The number of esters is 1. The van der Waals surface area contributed by atoms with Crippen LogP contribution in [0.4, 0.5) is 16.3 Å². The lowest BCUT2D eigenvalue weighted by Crippen LogP contribution is -2.20. The van der Waals surface area contributed by atoms with Gasteiger partial charge in [0.05, 0.1) is 18.4 Å². The highest BCUT2D eigenvalue weighted by molar-refractivity contribution is 6.00. The third-order valence-corrected chi connectivity index (χ3v) is 3.73. The number of benzene rings is 2. The monoisotopic (exact) mass is 350 g/mol. The highest BCUT2D eigenvalue weighted by Crippen LogP contribution is 2.21. The van der Waals surface area contributed by atoms with Crippen molar-refractivity contribution in [1.82, 2.24) is 9.78 Å². The van der Waals surface area contributed by atoms with Crippen LogP contribution in [0, 0.1) is 0 Å². The van der Waals surface area contributed by atoms with Crippen LogP contribution in [0.2, 0.25) is 0 Å². The number of carbonyl (C=O) groups excluding carboxylic acids is 2. The first kappa shape index (κ1) is 17.2. The molecule has 0 spiro atoms. The molecule has 132 valence electrons. The molecular weight excluding hydrogens is 332 g/mol. The summed E-state index contributed by atoms with van der Waals surface area (Å²) in [7, 11) is 3.12. The Labute approximate surface area is 150 Å². The Morgan fingerprint density at radius 3 is 2.50 bits per heavy atom. The van der Waals surface area contributed by atoms with Crippen LogP contribution >= 0.6 is 0 Å². The second-order valence-electron chi connectivity index (χ2n) is 5.56. The predicted molar refractivity (Wildman–Crippen MR) is 99.1 cm³/mol. The van der Waals surface area contributed by atoms with Crippen molar-refractivity contribution < 1.29 is 14.3 Å². The molecule has 7 nitrogen and oxygen atoms in total. The molecule has 1 aromatic heterocycles. The number of anilines is 2. The molecular formula is C19H18N4O3. The quantitative estimate of drug-likeness (QED) is 0.705. The number of amides is 2. The molecule has 26 heavy (non-hydrogen) atoms. The molecule has 0 saturated heterocycles. The van der Waals surface area contributed by atoms with E-state index in [1.165, 1.54) is 7.11 Å². The maximum absolute atomic E-state index is 12.2. The van der Waals surface area contributed by atoms with Crippen molar-refractivity contribution in [2.24, 2.45) is 7.05 Å².